The van der Waals surface area contributed by atoms with Crippen molar-refractivity contribution < 1.29 is 12.8 Å². The predicted molar refractivity (Wildman–Crippen MR) is 152 cm³/mol. The zero-order chi connectivity index (χ0) is 27.9. The van der Waals surface area contributed by atoms with Crippen LogP contribution in [0.1, 0.15) is 45.1 Å². The van der Waals surface area contributed by atoms with E-state index >= 15 is 0 Å². The van der Waals surface area contributed by atoms with E-state index in [0.29, 0.717) is 29.3 Å². The van der Waals surface area contributed by atoms with Gasteiger partial charge >= 0.3 is 0 Å². The number of sulfonamides is 1. The molecule has 0 radical (unpaired) electrons. The summed E-state index contributed by atoms with van der Waals surface area (Å²) >= 11 is 5.98. The Bertz CT molecular complexity index is 1330. The number of halogens is 2. The summed E-state index contributed by atoms with van der Waals surface area (Å²) in [5.41, 5.74) is 1.98. The van der Waals surface area contributed by atoms with Gasteiger partial charge in [-0.05, 0) is 71.3 Å². The third kappa shape index (κ3) is 8.21. The van der Waals surface area contributed by atoms with Crippen molar-refractivity contribution in [1.82, 2.24) is 20.2 Å². The van der Waals surface area contributed by atoms with E-state index in [1.807, 2.05) is 6.08 Å². The van der Waals surface area contributed by atoms with Gasteiger partial charge in [0.2, 0.25) is 5.95 Å². The number of rotatable bonds is 9. The van der Waals surface area contributed by atoms with Crippen molar-refractivity contribution in [2.75, 3.05) is 19.4 Å². The first kappa shape index (κ1) is 29.5. The minimum atomic E-state index is -4.26. The first-order valence-corrected chi connectivity index (χ1v) is 14.1. The molecule has 0 atom stereocenters. The van der Waals surface area contributed by atoms with Crippen LogP contribution in [0.4, 0.5) is 10.3 Å². The molecule has 2 N–H and O–H groups in total. The van der Waals surface area contributed by atoms with Gasteiger partial charge in [-0.15, -0.1) is 4.40 Å². The molecule has 1 aromatic heterocycles. The highest BCUT2D eigenvalue weighted by molar-refractivity contribution is 7.90. The zero-order valence-electron chi connectivity index (χ0n) is 22.1. The summed E-state index contributed by atoms with van der Waals surface area (Å²) in [6.07, 6.45) is 11.5. The van der Waals surface area contributed by atoms with E-state index in [9.17, 15) is 12.8 Å². The van der Waals surface area contributed by atoms with Gasteiger partial charge in [-0.25, -0.2) is 14.4 Å². The average molecular weight is 561 g/mol. The Hall–Kier alpha value is -3.08. The summed E-state index contributed by atoms with van der Waals surface area (Å²) < 4.78 is 43.0. The van der Waals surface area contributed by atoms with Crippen LogP contribution >= 0.6 is 11.6 Å². The maximum absolute atomic E-state index is 14.1. The lowest BCUT2D eigenvalue weighted by molar-refractivity contribution is 0.221. The van der Waals surface area contributed by atoms with Gasteiger partial charge < -0.3 is 15.5 Å². The molecule has 0 saturated heterocycles. The van der Waals surface area contributed by atoms with Crippen molar-refractivity contribution in [2.24, 2.45) is 4.40 Å². The Labute approximate surface area is 229 Å². The Morgan fingerprint density at radius 3 is 2.37 bits per heavy atom. The maximum atomic E-state index is 14.1. The van der Waals surface area contributed by atoms with E-state index in [2.05, 4.69) is 50.6 Å². The van der Waals surface area contributed by atoms with Crippen LogP contribution in [0.2, 0.25) is 5.02 Å². The van der Waals surface area contributed by atoms with E-state index < -0.39 is 21.7 Å². The molecule has 1 saturated carbocycles. The van der Waals surface area contributed by atoms with Gasteiger partial charge in [-0.1, -0.05) is 42.5 Å². The summed E-state index contributed by atoms with van der Waals surface area (Å²) in [6.45, 7) is 6.67. The average Bonchev–Trinajstić information content (AvgIpc) is 2.88. The van der Waals surface area contributed by atoms with Crippen molar-refractivity contribution in [3.8, 4) is 0 Å². The molecule has 8 nitrogen and oxygen atoms in total. The summed E-state index contributed by atoms with van der Waals surface area (Å²) in [5, 5.41) is 6.11. The van der Waals surface area contributed by atoms with E-state index in [4.69, 9.17) is 11.6 Å². The quantitative estimate of drug-likeness (QED) is 0.234. The molecule has 1 aliphatic rings. The first-order chi connectivity index (χ1) is 18.0. The van der Waals surface area contributed by atoms with Gasteiger partial charge in [-0.2, -0.15) is 8.42 Å². The summed E-state index contributed by atoms with van der Waals surface area (Å²) in [7, 11) is -0.00729. The first-order valence-electron chi connectivity index (χ1n) is 12.3. The molecule has 0 bridgehead atoms. The SMILES string of the molecule is C=C(F)C(=NS(=O)(=O)c1ccccc1Cl)N/C(C)=C(C)/C=C/c1cnc(NC2CCC(N(C)C)CC2)nc1. The lowest BCUT2D eigenvalue weighted by Crippen LogP contribution is -2.36. The second kappa shape index (κ2) is 13.1. The number of nitrogens with one attached hydrogen (secondary N) is 2. The van der Waals surface area contributed by atoms with Gasteiger partial charge in [0.1, 0.15) is 4.90 Å². The molecule has 3 rings (SSSR count). The van der Waals surface area contributed by atoms with Crippen molar-refractivity contribution in [2.45, 2.75) is 56.5 Å². The zero-order valence-corrected chi connectivity index (χ0v) is 23.7. The monoisotopic (exact) mass is 560 g/mol. The summed E-state index contributed by atoms with van der Waals surface area (Å²) in [5.74, 6) is -0.945. The van der Waals surface area contributed by atoms with E-state index in [1.165, 1.54) is 18.2 Å². The predicted octanol–water partition coefficient (Wildman–Crippen LogP) is 5.58. The van der Waals surface area contributed by atoms with Gasteiger partial charge in [0, 0.05) is 35.7 Å². The smallest absolute Gasteiger partial charge is 0.285 e. The van der Waals surface area contributed by atoms with Gasteiger partial charge in [0.15, 0.2) is 11.7 Å². The van der Waals surface area contributed by atoms with Crippen LogP contribution in [0.5, 0.6) is 0 Å². The van der Waals surface area contributed by atoms with Crippen molar-refractivity contribution in [1.29, 1.82) is 0 Å². The number of hydrogen-bond donors (Lipinski definition) is 2. The van der Waals surface area contributed by atoms with Crippen LogP contribution in [0.3, 0.4) is 0 Å². The molecule has 0 spiro atoms. The van der Waals surface area contributed by atoms with E-state index in [0.717, 1.165) is 31.2 Å². The number of allylic oxidation sites excluding steroid dienone is 3. The van der Waals surface area contributed by atoms with Crippen molar-refractivity contribution in [3.05, 3.63) is 77.0 Å². The normalized spacial score (nSPS) is 19.4. The Kier molecular flexibility index (Phi) is 10.2. The molecule has 204 valence electrons. The molecule has 1 heterocycles. The highest BCUT2D eigenvalue weighted by Gasteiger charge is 2.23. The minimum Gasteiger partial charge on any atom is -0.351 e. The Balaban J connectivity index is 1.65. The molecular weight excluding hydrogens is 527 g/mol. The number of nitrogens with zero attached hydrogens (tertiary/aromatic N) is 4. The fourth-order valence-corrected chi connectivity index (χ4v) is 5.48. The van der Waals surface area contributed by atoms with Gasteiger partial charge in [0.25, 0.3) is 10.0 Å². The molecule has 1 fully saturated rings. The van der Waals surface area contributed by atoms with Gasteiger partial charge in [0.05, 0.1) is 5.02 Å². The standard InChI is InChI=1S/C27H34ClFN6O2S/c1-18(20(3)32-26(19(2)29)34-38(36,37)25-9-7-6-8-24(25)28)10-11-21-16-30-27(31-17-21)33-22-12-14-23(15-13-22)35(4)5/h6-11,16-17,22-23H,2,12-15H2,1,3-5H3,(H,32,34)(H,30,31,33)/b11-10+,20-18+. The third-order valence-corrected chi connectivity index (χ3v) is 8.21. The molecule has 2 aromatic rings. The topological polar surface area (TPSA) is 99.6 Å². The van der Waals surface area contributed by atoms with Crippen LogP contribution in [0.25, 0.3) is 6.08 Å². The fourth-order valence-electron chi connectivity index (χ4n) is 4.00. The van der Waals surface area contributed by atoms with Crippen LogP contribution in [0, 0.1) is 0 Å². The van der Waals surface area contributed by atoms with E-state index in [1.54, 1.807) is 38.4 Å². The summed E-state index contributed by atoms with van der Waals surface area (Å²) in [6, 6.07) is 6.82. The molecule has 0 unspecified atom stereocenters. The number of benzene rings is 1. The molecular formula is C27H34ClFN6O2S. The largest absolute Gasteiger partial charge is 0.351 e. The maximum Gasteiger partial charge on any atom is 0.285 e. The lowest BCUT2D eigenvalue weighted by Gasteiger charge is -2.32. The highest BCUT2D eigenvalue weighted by Crippen LogP contribution is 2.24. The molecule has 0 amide bonds. The highest BCUT2D eigenvalue weighted by atomic mass is 35.5. The molecule has 1 aliphatic carbocycles. The second-order valence-corrected chi connectivity index (χ2v) is 11.4. The van der Waals surface area contributed by atoms with Crippen LogP contribution < -0.4 is 10.6 Å². The summed E-state index contributed by atoms with van der Waals surface area (Å²) in [4.78, 5) is 10.9. The van der Waals surface area contributed by atoms with Crippen LogP contribution in [0.15, 0.2) is 75.7 Å². The molecule has 11 heteroatoms. The minimum absolute atomic E-state index is 0.00778. The molecule has 38 heavy (non-hydrogen) atoms. The van der Waals surface area contributed by atoms with Gasteiger partial charge in [-0.3, -0.25) is 0 Å². The number of aromatic nitrogens is 2. The van der Waals surface area contributed by atoms with Crippen LogP contribution in [-0.2, 0) is 10.0 Å². The Morgan fingerprint density at radius 2 is 1.79 bits per heavy atom. The molecule has 0 aliphatic heterocycles. The number of amidine groups is 1. The molecule has 1 aromatic carbocycles. The lowest BCUT2D eigenvalue weighted by atomic mass is 9.91. The third-order valence-electron chi connectivity index (χ3n) is 6.44. The Morgan fingerprint density at radius 1 is 1.16 bits per heavy atom. The number of hydrogen-bond acceptors (Lipinski definition) is 6. The van der Waals surface area contributed by atoms with E-state index in [-0.39, 0.29) is 9.92 Å². The van der Waals surface area contributed by atoms with Crippen molar-refractivity contribution in [3.63, 3.8) is 0 Å². The fraction of sp³-hybridized carbons (Fsp3) is 0.370. The number of anilines is 1. The van der Waals surface area contributed by atoms with Crippen LogP contribution in [-0.4, -0.2) is 55.3 Å². The second-order valence-electron chi connectivity index (χ2n) is 9.47. The van der Waals surface area contributed by atoms with Crippen molar-refractivity contribution >= 4 is 39.5 Å².